The van der Waals surface area contributed by atoms with E-state index in [4.69, 9.17) is 0 Å². The zero-order valence-electron chi connectivity index (χ0n) is 20.5. The molecule has 2 aliphatic carbocycles. The average molecular weight is 421 g/mol. The van der Waals surface area contributed by atoms with Gasteiger partial charge < -0.3 is 15.3 Å². The molecule has 0 radical (unpaired) electrons. The molecule has 2 fully saturated rings. The summed E-state index contributed by atoms with van der Waals surface area (Å²) in [7, 11) is 0. The second kappa shape index (κ2) is 10.3. The van der Waals surface area contributed by atoms with Gasteiger partial charge in [-0.2, -0.15) is 0 Å². The van der Waals surface area contributed by atoms with E-state index in [-0.39, 0.29) is 5.41 Å². The van der Waals surface area contributed by atoms with Crippen molar-refractivity contribution in [3.05, 3.63) is 23.8 Å². The summed E-state index contributed by atoms with van der Waals surface area (Å²) in [6, 6.07) is 0. The van der Waals surface area contributed by atoms with Gasteiger partial charge in [-0.3, -0.25) is 0 Å². The molecule has 0 aromatic carbocycles. The topological polar surface area (TPSA) is 60.7 Å². The van der Waals surface area contributed by atoms with Crippen LogP contribution in [-0.4, -0.2) is 33.1 Å². The maximum Gasteiger partial charge on any atom is 0.0642 e. The zero-order chi connectivity index (χ0) is 22.6. The molecule has 0 aromatic rings. The molecule has 0 saturated heterocycles. The number of hydrogen-bond acceptors (Lipinski definition) is 3. The van der Waals surface area contributed by atoms with Crippen LogP contribution < -0.4 is 0 Å². The Morgan fingerprint density at radius 1 is 1.10 bits per heavy atom. The van der Waals surface area contributed by atoms with Crippen LogP contribution in [0.3, 0.4) is 0 Å². The molecule has 0 spiro atoms. The van der Waals surface area contributed by atoms with Crippen LogP contribution in [0.1, 0.15) is 106 Å². The third-order valence-corrected chi connectivity index (χ3v) is 9.27. The maximum absolute atomic E-state index is 10.6. The van der Waals surface area contributed by atoms with Crippen LogP contribution in [0.15, 0.2) is 23.8 Å². The van der Waals surface area contributed by atoms with Gasteiger partial charge in [-0.15, -0.1) is 0 Å². The van der Waals surface area contributed by atoms with E-state index in [1.54, 1.807) is 0 Å². The fourth-order valence-corrected chi connectivity index (χ4v) is 6.07. The van der Waals surface area contributed by atoms with E-state index >= 15 is 0 Å². The van der Waals surface area contributed by atoms with Gasteiger partial charge in [-0.1, -0.05) is 78.2 Å². The summed E-state index contributed by atoms with van der Waals surface area (Å²) in [6.45, 7) is 13.9. The highest BCUT2D eigenvalue weighted by Crippen LogP contribution is 2.60. The summed E-state index contributed by atoms with van der Waals surface area (Å²) in [4.78, 5) is 0. The molecular weight excluding hydrogens is 372 g/mol. The highest BCUT2D eigenvalue weighted by molar-refractivity contribution is 5.19. The highest BCUT2D eigenvalue weighted by Gasteiger charge is 2.52. The second-order valence-corrected chi connectivity index (χ2v) is 11.2. The lowest BCUT2D eigenvalue weighted by molar-refractivity contribution is 0.00991. The molecule has 3 heteroatoms. The Morgan fingerprint density at radius 2 is 1.70 bits per heavy atom. The number of rotatable bonds is 9. The van der Waals surface area contributed by atoms with Crippen molar-refractivity contribution in [1.82, 2.24) is 0 Å². The van der Waals surface area contributed by atoms with Gasteiger partial charge in [0.2, 0.25) is 0 Å². The minimum atomic E-state index is -0.481. The normalized spacial score (nSPS) is 33.2. The van der Waals surface area contributed by atoms with Crippen molar-refractivity contribution in [2.24, 2.45) is 22.7 Å². The first-order valence-electron chi connectivity index (χ1n) is 12.4. The van der Waals surface area contributed by atoms with Crippen LogP contribution >= 0.6 is 0 Å². The molecule has 30 heavy (non-hydrogen) atoms. The van der Waals surface area contributed by atoms with Gasteiger partial charge in [0.05, 0.1) is 17.8 Å². The summed E-state index contributed by atoms with van der Waals surface area (Å²) in [6.07, 6.45) is 15.1. The van der Waals surface area contributed by atoms with Crippen LogP contribution in [0.2, 0.25) is 0 Å². The molecular formula is C27H48O3. The Morgan fingerprint density at radius 3 is 2.27 bits per heavy atom. The quantitative estimate of drug-likeness (QED) is 0.418. The van der Waals surface area contributed by atoms with Crippen LogP contribution in [0.25, 0.3) is 0 Å². The van der Waals surface area contributed by atoms with Crippen LogP contribution in [0.4, 0.5) is 0 Å². The Kier molecular flexibility index (Phi) is 8.81. The molecule has 0 bridgehead atoms. The Labute approximate surface area is 185 Å². The van der Waals surface area contributed by atoms with Crippen LogP contribution in [0.5, 0.6) is 0 Å². The number of allylic oxidation sites excluding steroid dienone is 3. The molecule has 3 nitrogen and oxygen atoms in total. The van der Waals surface area contributed by atoms with E-state index in [0.717, 1.165) is 31.3 Å². The van der Waals surface area contributed by atoms with E-state index in [9.17, 15) is 15.3 Å². The molecule has 3 N–H and O–H groups in total. The van der Waals surface area contributed by atoms with E-state index in [1.807, 2.05) is 0 Å². The number of aliphatic hydroxyl groups is 3. The second-order valence-electron chi connectivity index (χ2n) is 11.2. The molecule has 0 amide bonds. The molecule has 174 valence electrons. The van der Waals surface area contributed by atoms with Gasteiger partial charge in [0.15, 0.2) is 0 Å². The van der Waals surface area contributed by atoms with Gasteiger partial charge in [0, 0.05) is 0 Å². The molecule has 0 unspecified atom stereocenters. The SMILES string of the molecule is CCC(O)(CC)CCC[C@H](C)[C@@]1(C)CC[C@@H](C=CC=C2C[C@@H](O)C[C@H](O)C2)C1(C)C. The first-order chi connectivity index (χ1) is 14.0. The summed E-state index contributed by atoms with van der Waals surface area (Å²) < 4.78 is 0. The van der Waals surface area contributed by atoms with Crippen molar-refractivity contribution < 1.29 is 15.3 Å². The van der Waals surface area contributed by atoms with Crippen LogP contribution in [0, 0.1) is 22.7 Å². The summed E-state index contributed by atoms with van der Waals surface area (Å²) in [5, 5.41) is 30.4. The first kappa shape index (κ1) is 25.6. The largest absolute Gasteiger partial charge is 0.393 e. The third-order valence-electron chi connectivity index (χ3n) is 9.27. The minimum absolute atomic E-state index is 0.221. The standard InChI is InChI=1S/C27H48O3/c1-7-27(30,8-2)15-10-11-20(3)26(6)16-14-22(25(26,4)5)13-9-12-21-17-23(28)19-24(29)18-21/h9,12-13,20,22-24,28-30H,7-8,10-11,14-19H2,1-6H3/t20-,22+,23+,24+,26+/m0/s1. The third kappa shape index (κ3) is 5.78. The van der Waals surface area contributed by atoms with Gasteiger partial charge in [0.25, 0.3) is 0 Å². The lowest BCUT2D eigenvalue weighted by Gasteiger charge is -2.46. The molecule has 2 aliphatic rings. The lowest BCUT2D eigenvalue weighted by Crippen LogP contribution is -2.39. The first-order valence-corrected chi connectivity index (χ1v) is 12.4. The fraction of sp³-hybridized carbons (Fsp3) is 0.852. The summed E-state index contributed by atoms with van der Waals surface area (Å²) >= 11 is 0. The van der Waals surface area contributed by atoms with Gasteiger partial charge in [-0.05, 0) is 74.0 Å². The van der Waals surface area contributed by atoms with Gasteiger partial charge >= 0.3 is 0 Å². The lowest BCUT2D eigenvalue weighted by atomic mass is 9.59. The highest BCUT2D eigenvalue weighted by atomic mass is 16.3. The Balaban J connectivity index is 1.97. The molecule has 5 atom stereocenters. The van der Waals surface area contributed by atoms with Crippen molar-refractivity contribution in [2.45, 2.75) is 124 Å². The van der Waals surface area contributed by atoms with Crippen molar-refractivity contribution in [2.75, 3.05) is 0 Å². The molecule has 0 aromatic heterocycles. The molecule has 2 rings (SSSR count). The number of hydrogen-bond donors (Lipinski definition) is 3. The van der Waals surface area contributed by atoms with E-state index in [0.29, 0.717) is 36.5 Å². The average Bonchev–Trinajstić information content (AvgIpc) is 2.91. The summed E-state index contributed by atoms with van der Waals surface area (Å²) in [5.74, 6) is 1.18. The van der Waals surface area contributed by atoms with Gasteiger partial charge in [0.1, 0.15) is 0 Å². The smallest absolute Gasteiger partial charge is 0.0642 e. The molecule has 0 aliphatic heterocycles. The monoisotopic (exact) mass is 420 g/mol. The van der Waals surface area contributed by atoms with Crippen molar-refractivity contribution in [1.29, 1.82) is 0 Å². The van der Waals surface area contributed by atoms with E-state index in [1.165, 1.54) is 19.3 Å². The maximum atomic E-state index is 10.6. The summed E-state index contributed by atoms with van der Waals surface area (Å²) in [5.41, 5.74) is 1.19. The Hall–Kier alpha value is -0.640. The van der Waals surface area contributed by atoms with E-state index < -0.39 is 17.8 Å². The van der Waals surface area contributed by atoms with Crippen molar-refractivity contribution in [3.8, 4) is 0 Å². The van der Waals surface area contributed by atoms with Crippen molar-refractivity contribution in [3.63, 3.8) is 0 Å². The molecule has 2 saturated carbocycles. The Bertz CT molecular complexity index is 589. The predicted molar refractivity (Wildman–Crippen MR) is 126 cm³/mol. The predicted octanol–water partition coefficient (Wildman–Crippen LogP) is 6.17. The molecule has 0 heterocycles. The van der Waals surface area contributed by atoms with Crippen molar-refractivity contribution >= 4 is 0 Å². The van der Waals surface area contributed by atoms with Gasteiger partial charge in [-0.25, -0.2) is 0 Å². The number of aliphatic hydroxyl groups excluding tert-OH is 2. The van der Waals surface area contributed by atoms with Crippen LogP contribution in [-0.2, 0) is 0 Å². The fourth-order valence-electron chi connectivity index (χ4n) is 6.07. The zero-order valence-corrected chi connectivity index (χ0v) is 20.5. The minimum Gasteiger partial charge on any atom is -0.393 e. The van der Waals surface area contributed by atoms with E-state index in [2.05, 4.69) is 59.8 Å².